The van der Waals surface area contributed by atoms with Crippen LogP contribution in [0.1, 0.15) is 22.3 Å². The summed E-state index contributed by atoms with van der Waals surface area (Å²) in [6.07, 6.45) is 0. The molecule has 0 amide bonds. The molecule has 4 heteroatoms. The van der Waals surface area contributed by atoms with Gasteiger partial charge in [0.1, 0.15) is 17.9 Å². The van der Waals surface area contributed by atoms with Crippen LogP contribution in [0.2, 0.25) is 0 Å². The molecule has 0 aromatic heterocycles. The molecule has 0 aliphatic heterocycles. The predicted molar refractivity (Wildman–Crippen MR) is 80.9 cm³/mol. The van der Waals surface area contributed by atoms with Crippen LogP contribution in [0.25, 0.3) is 0 Å². The SMILES string of the molecule is COc1cc(CNc2cccc(C)c2C#N)ccc1C#N. The number of nitriles is 2. The molecule has 0 unspecified atom stereocenters. The van der Waals surface area contributed by atoms with E-state index in [0.717, 1.165) is 16.8 Å². The molecular weight excluding hydrogens is 262 g/mol. The average Bonchev–Trinajstić information content (AvgIpc) is 2.52. The zero-order chi connectivity index (χ0) is 15.2. The van der Waals surface area contributed by atoms with Crippen molar-refractivity contribution in [2.24, 2.45) is 0 Å². The van der Waals surface area contributed by atoms with Gasteiger partial charge >= 0.3 is 0 Å². The van der Waals surface area contributed by atoms with Crippen LogP contribution in [0.5, 0.6) is 5.75 Å². The van der Waals surface area contributed by atoms with Gasteiger partial charge < -0.3 is 10.1 Å². The molecule has 4 nitrogen and oxygen atoms in total. The molecule has 0 saturated carbocycles. The van der Waals surface area contributed by atoms with E-state index in [1.54, 1.807) is 13.2 Å². The highest BCUT2D eigenvalue weighted by atomic mass is 16.5. The molecule has 0 saturated heterocycles. The highest BCUT2D eigenvalue weighted by Gasteiger charge is 2.06. The molecule has 104 valence electrons. The molecule has 0 spiro atoms. The molecule has 2 aromatic rings. The first-order valence-electron chi connectivity index (χ1n) is 6.50. The van der Waals surface area contributed by atoms with Crippen molar-refractivity contribution in [2.75, 3.05) is 12.4 Å². The largest absolute Gasteiger partial charge is 0.495 e. The Balaban J connectivity index is 2.20. The van der Waals surface area contributed by atoms with Gasteiger partial charge in [0.25, 0.3) is 0 Å². The van der Waals surface area contributed by atoms with Gasteiger partial charge in [0.2, 0.25) is 0 Å². The standard InChI is InChI=1S/C17H15N3O/c1-12-4-3-5-16(15(12)10-19)20-11-13-6-7-14(9-18)17(8-13)21-2/h3-8,20H,11H2,1-2H3. The minimum atomic E-state index is 0.509. The van der Waals surface area contributed by atoms with E-state index in [4.69, 9.17) is 10.00 Å². The number of aryl methyl sites for hydroxylation is 1. The van der Waals surface area contributed by atoms with E-state index in [0.29, 0.717) is 23.4 Å². The molecule has 2 aromatic carbocycles. The number of rotatable bonds is 4. The number of nitrogens with zero attached hydrogens (tertiary/aromatic N) is 2. The van der Waals surface area contributed by atoms with E-state index in [1.165, 1.54) is 0 Å². The third-order valence-electron chi connectivity index (χ3n) is 3.25. The van der Waals surface area contributed by atoms with Crippen LogP contribution >= 0.6 is 0 Å². The highest BCUT2D eigenvalue weighted by Crippen LogP contribution is 2.22. The van der Waals surface area contributed by atoms with Gasteiger partial charge in [-0.3, -0.25) is 0 Å². The maximum atomic E-state index is 9.20. The lowest BCUT2D eigenvalue weighted by Gasteiger charge is -2.11. The minimum absolute atomic E-state index is 0.509. The summed E-state index contributed by atoms with van der Waals surface area (Å²) in [5, 5.41) is 21.4. The van der Waals surface area contributed by atoms with E-state index in [2.05, 4.69) is 17.5 Å². The van der Waals surface area contributed by atoms with Crippen molar-refractivity contribution in [2.45, 2.75) is 13.5 Å². The maximum absolute atomic E-state index is 9.20. The van der Waals surface area contributed by atoms with Gasteiger partial charge in [-0.15, -0.1) is 0 Å². The second kappa shape index (κ2) is 6.45. The zero-order valence-electron chi connectivity index (χ0n) is 12.0. The first-order valence-corrected chi connectivity index (χ1v) is 6.50. The summed E-state index contributed by atoms with van der Waals surface area (Å²) in [4.78, 5) is 0. The monoisotopic (exact) mass is 277 g/mol. The summed E-state index contributed by atoms with van der Waals surface area (Å²) < 4.78 is 5.19. The second-order valence-electron chi connectivity index (χ2n) is 4.61. The summed E-state index contributed by atoms with van der Waals surface area (Å²) in [6, 6.07) is 15.4. The van der Waals surface area contributed by atoms with E-state index >= 15 is 0 Å². The number of nitrogens with one attached hydrogen (secondary N) is 1. The molecule has 0 radical (unpaired) electrons. The molecule has 0 fully saturated rings. The number of hydrogen-bond donors (Lipinski definition) is 1. The lowest BCUT2D eigenvalue weighted by atomic mass is 10.1. The van der Waals surface area contributed by atoms with E-state index in [9.17, 15) is 5.26 Å². The fraction of sp³-hybridized carbons (Fsp3) is 0.176. The van der Waals surface area contributed by atoms with Gasteiger partial charge in [-0.1, -0.05) is 18.2 Å². The van der Waals surface area contributed by atoms with Crippen LogP contribution in [-0.4, -0.2) is 7.11 Å². The molecule has 0 heterocycles. The molecule has 0 aliphatic rings. The van der Waals surface area contributed by atoms with Crippen molar-refractivity contribution in [1.29, 1.82) is 10.5 Å². The Morgan fingerprint density at radius 3 is 2.62 bits per heavy atom. The average molecular weight is 277 g/mol. The van der Waals surface area contributed by atoms with Crippen LogP contribution in [-0.2, 0) is 6.54 Å². The molecule has 1 N–H and O–H groups in total. The van der Waals surface area contributed by atoms with Crippen molar-refractivity contribution in [3.05, 3.63) is 58.7 Å². The Hall–Kier alpha value is -2.98. The Labute approximate surface area is 124 Å². The van der Waals surface area contributed by atoms with Crippen LogP contribution in [0, 0.1) is 29.6 Å². The van der Waals surface area contributed by atoms with Crippen molar-refractivity contribution in [1.82, 2.24) is 0 Å². The predicted octanol–water partition coefficient (Wildman–Crippen LogP) is 3.36. The molecule has 21 heavy (non-hydrogen) atoms. The van der Waals surface area contributed by atoms with Crippen molar-refractivity contribution in [3.63, 3.8) is 0 Å². The third kappa shape index (κ3) is 3.13. The topological polar surface area (TPSA) is 68.8 Å². The smallest absolute Gasteiger partial charge is 0.136 e. The van der Waals surface area contributed by atoms with E-state index in [1.807, 2.05) is 37.3 Å². The van der Waals surface area contributed by atoms with Gasteiger partial charge in [-0.2, -0.15) is 10.5 Å². The second-order valence-corrected chi connectivity index (χ2v) is 4.61. The lowest BCUT2D eigenvalue weighted by molar-refractivity contribution is 0.413. The number of methoxy groups -OCH3 is 1. The van der Waals surface area contributed by atoms with Crippen LogP contribution in [0.3, 0.4) is 0 Å². The number of ether oxygens (including phenoxy) is 1. The summed E-state index contributed by atoms with van der Waals surface area (Å²) in [5.74, 6) is 0.557. The van der Waals surface area contributed by atoms with Gasteiger partial charge in [0, 0.05) is 6.54 Å². The quantitative estimate of drug-likeness (QED) is 0.930. The molecule has 0 aliphatic carbocycles. The van der Waals surface area contributed by atoms with Gasteiger partial charge in [-0.25, -0.2) is 0 Å². The summed E-state index contributed by atoms with van der Waals surface area (Å²) in [7, 11) is 1.54. The van der Waals surface area contributed by atoms with Crippen molar-refractivity contribution in [3.8, 4) is 17.9 Å². The fourth-order valence-electron chi connectivity index (χ4n) is 2.10. The Bertz CT molecular complexity index is 739. The van der Waals surface area contributed by atoms with Gasteiger partial charge in [0.15, 0.2) is 0 Å². The van der Waals surface area contributed by atoms with Crippen LogP contribution < -0.4 is 10.1 Å². The number of anilines is 1. The van der Waals surface area contributed by atoms with Crippen molar-refractivity contribution < 1.29 is 4.74 Å². The summed E-state index contributed by atoms with van der Waals surface area (Å²) in [6.45, 7) is 2.47. The minimum Gasteiger partial charge on any atom is -0.495 e. The zero-order valence-corrected chi connectivity index (χ0v) is 12.0. The molecule has 2 rings (SSSR count). The number of benzene rings is 2. The van der Waals surface area contributed by atoms with Gasteiger partial charge in [0.05, 0.1) is 23.9 Å². The molecule has 0 bridgehead atoms. The Morgan fingerprint density at radius 2 is 1.95 bits per heavy atom. The summed E-state index contributed by atoms with van der Waals surface area (Å²) in [5.41, 5.74) is 3.89. The molecular formula is C17H15N3O. The first-order chi connectivity index (χ1) is 10.2. The Morgan fingerprint density at radius 1 is 1.14 bits per heavy atom. The van der Waals surface area contributed by atoms with E-state index < -0.39 is 0 Å². The highest BCUT2D eigenvalue weighted by molar-refractivity contribution is 5.61. The van der Waals surface area contributed by atoms with Gasteiger partial charge in [-0.05, 0) is 36.2 Å². The Kier molecular flexibility index (Phi) is 4.43. The van der Waals surface area contributed by atoms with Crippen LogP contribution in [0.4, 0.5) is 5.69 Å². The van der Waals surface area contributed by atoms with Crippen molar-refractivity contribution >= 4 is 5.69 Å². The van der Waals surface area contributed by atoms with E-state index in [-0.39, 0.29) is 0 Å². The third-order valence-corrected chi connectivity index (χ3v) is 3.25. The molecule has 0 atom stereocenters. The maximum Gasteiger partial charge on any atom is 0.136 e. The van der Waals surface area contributed by atoms with Crippen LogP contribution in [0.15, 0.2) is 36.4 Å². The normalized spacial score (nSPS) is 9.52. The fourth-order valence-corrected chi connectivity index (χ4v) is 2.10. The lowest BCUT2D eigenvalue weighted by Crippen LogP contribution is -2.03. The number of hydrogen-bond acceptors (Lipinski definition) is 4. The first kappa shape index (κ1) is 14.4. The summed E-state index contributed by atoms with van der Waals surface area (Å²) >= 11 is 0.